The maximum Gasteiger partial charge on any atom is 0.137 e. The Morgan fingerprint density at radius 3 is 1.45 bits per heavy atom. The Morgan fingerprint density at radius 2 is 1.12 bits per heavy atom. The number of benzene rings is 2. The van der Waals surface area contributed by atoms with Gasteiger partial charge in [-0.1, -0.05) is 0 Å². The number of rotatable bonds is 12. The van der Waals surface area contributed by atoms with Crippen molar-refractivity contribution in [1.82, 2.24) is 0 Å². The Morgan fingerprint density at radius 1 is 0.727 bits per heavy atom. The molecule has 0 amide bonds. The van der Waals surface area contributed by atoms with Crippen molar-refractivity contribution in [1.29, 1.82) is 0 Å². The van der Waals surface area contributed by atoms with Gasteiger partial charge < -0.3 is 20.9 Å². The zero-order valence-corrected chi connectivity index (χ0v) is 19.8. The lowest BCUT2D eigenvalue weighted by atomic mass is 10.2. The quantitative estimate of drug-likeness (QED) is 0.270. The van der Waals surface area contributed by atoms with Crippen molar-refractivity contribution in [2.24, 2.45) is 21.5 Å². The summed E-state index contributed by atoms with van der Waals surface area (Å²) in [6.07, 6.45) is 2.40. The van der Waals surface area contributed by atoms with Crippen molar-refractivity contribution in [3.63, 3.8) is 0 Å². The Hall–Kier alpha value is -3.16. The molecule has 33 heavy (non-hydrogen) atoms. The smallest absolute Gasteiger partial charge is 0.137 e. The normalized spacial score (nSPS) is 12.5. The van der Waals surface area contributed by atoms with Crippen LogP contribution in [0.5, 0.6) is 11.5 Å². The van der Waals surface area contributed by atoms with Crippen LogP contribution in [-0.2, 0) is 0 Å². The number of hydrogen-bond acceptors (Lipinski definition) is 4. The molecule has 2 rings (SSSR count). The van der Waals surface area contributed by atoms with Gasteiger partial charge in [0.05, 0.1) is 24.3 Å². The molecule has 0 fully saturated rings. The van der Waals surface area contributed by atoms with Gasteiger partial charge in [-0.3, -0.25) is 9.98 Å². The van der Waals surface area contributed by atoms with E-state index in [0.29, 0.717) is 24.7 Å². The highest BCUT2D eigenvalue weighted by Gasteiger charge is 2.10. The van der Waals surface area contributed by atoms with Crippen molar-refractivity contribution < 1.29 is 18.3 Å². The second-order valence-corrected chi connectivity index (χ2v) is 8.26. The average molecular weight is 461 g/mol. The first-order valence-electron chi connectivity index (χ1n) is 11.2. The second-order valence-electron chi connectivity index (χ2n) is 8.26. The Balaban J connectivity index is 1.71. The third-order valence-electron chi connectivity index (χ3n) is 4.55. The lowest BCUT2D eigenvalue weighted by Crippen LogP contribution is -2.17. The van der Waals surface area contributed by atoms with Crippen LogP contribution in [0.15, 0.2) is 46.4 Å². The largest absolute Gasteiger partial charge is 0.493 e. The molecule has 0 atom stereocenters. The van der Waals surface area contributed by atoms with E-state index < -0.39 is 11.6 Å². The minimum absolute atomic E-state index is 0.00865. The Bertz CT molecular complexity index is 897. The monoisotopic (exact) mass is 460 g/mol. The summed E-state index contributed by atoms with van der Waals surface area (Å²) in [6.45, 7) is 8.41. The van der Waals surface area contributed by atoms with Crippen LogP contribution >= 0.6 is 0 Å². The number of unbranched alkanes of at least 4 members (excludes halogenated alkanes) is 2. The summed E-state index contributed by atoms with van der Waals surface area (Å²) in [4.78, 5) is 8.32. The fourth-order valence-electron chi connectivity index (χ4n) is 3.04. The van der Waals surface area contributed by atoms with Crippen LogP contribution in [0.3, 0.4) is 0 Å². The number of nitrogens with zero attached hydrogens (tertiary/aromatic N) is 2. The van der Waals surface area contributed by atoms with E-state index in [1.807, 2.05) is 27.7 Å². The molecule has 0 aliphatic carbocycles. The van der Waals surface area contributed by atoms with Gasteiger partial charge in [0.15, 0.2) is 0 Å². The van der Waals surface area contributed by atoms with E-state index in [-0.39, 0.29) is 34.9 Å². The molecule has 0 aliphatic rings. The first kappa shape index (κ1) is 26.1. The molecule has 180 valence electrons. The highest BCUT2D eigenvalue weighted by molar-refractivity contribution is 5.98. The van der Waals surface area contributed by atoms with Crippen molar-refractivity contribution in [3.05, 3.63) is 59.2 Å². The highest BCUT2D eigenvalue weighted by Crippen LogP contribution is 2.19. The van der Waals surface area contributed by atoms with Crippen molar-refractivity contribution >= 4 is 11.7 Å². The summed E-state index contributed by atoms with van der Waals surface area (Å²) >= 11 is 0. The molecule has 2 aromatic rings. The van der Waals surface area contributed by atoms with Gasteiger partial charge in [-0.2, -0.15) is 0 Å². The molecular weight excluding hydrogens is 426 g/mol. The van der Waals surface area contributed by atoms with Gasteiger partial charge in [0, 0.05) is 24.2 Å². The second kappa shape index (κ2) is 12.8. The van der Waals surface area contributed by atoms with Crippen molar-refractivity contribution in [2.45, 2.75) is 59.0 Å². The predicted octanol–water partition coefficient (Wildman–Crippen LogP) is 4.82. The highest BCUT2D eigenvalue weighted by atomic mass is 19.1. The summed E-state index contributed by atoms with van der Waals surface area (Å²) in [5.74, 6) is 0.324. The summed E-state index contributed by atoms with van der Waals surface area (Å²) in [6, 6.07) is 9.13. The fourth-order valence-corrected chi connectivity index (χ4v) is 3.04. The van der Waals surface area contributed by atoms with Crippen LogP contribution in [0, 0.1) is 11.6 Å². The first-order chi connectivity index (χ1) is 15.7. The van der Waals surface area contributed by atoms with Gasteiger partial charge in [0.2, 0.25) is 0 Å². The molecule has 0 saturated carbocycles. The summed E-state index contributed by atoms with van der Waals surface area (Å²) in [5.41, 5.74) is 12.2. The molecular formula is C25H34F2N4O2. The van der Waals surface area contributed by atoms with Crippen LogP contribution < -0.4 is 20.9 Å². The standard InChI is InChI=1S/C25H34F2N4O2/c1-16(2)30-24(28)20-10-8-18(14-22(20)26)32-12-6-5-7-13-33-19-9-11-21(23(27)15-19)25(29)31-17(3)4/h8-11,14-17H,5-7,12-13H2,1-4H3,(H2,28,30)(H2,29,31). The van der Waals surface area contributed by atoms with Crippen molar-refractivity contribution in [3.8, 4) is 11.5 Å². The molecule has 0 saturated heterocycles. The van der Waals surface area contributed by atoms with Crippen LogP contribution in [-0.4, -0.2) is 37.0 Å². The molecule has 8 heteroatoms. The van der Waals surface area contributed by atoms with E-state index in [1.54, 1.807) is 24.3 Å². The van der Waals surface area contributed by atoms with E-state index >= 15 is 0 Å². The fraction of sp³-hybridized carbons (Fsp3) is 0.440. The van der Waals surface area contributed by atoms with E-state index in [4.69, 9.17) is 20.9 Å². The number of aliphatic imine (C=N–C) groups is 2. The van der Waals surface area contributed by atoms with E-state index in [1.165, 1.54) is 12.1 Å². The lowest BCUT2D eigenvalue weighted by molar-refractivity contribution is 0.278. The lowest BCUT2D eigenvalue weighted by Gasteiger charge is -2.10. The number of ether oxygens (including phenoxy) is 2. The molecule has 0 aliphatic heterocycles. The molecule has 0 unspecified atom stereocenters. The van der Waals surface area contributed by atoms with E-state index in [9.17, 15) is 8.78 Å². The Kier molecular flexibility index (Phi) is 10.1. The van der Waals surface area contributed by atoms with E-state index in [0.717, 1.165) is 19.3 Å². The summed E-state index contributed by atoms with van der Waals surface area (Å²) < 4.78 is 39.7. The molecule has 0 heterocycles. The minimum Gasteiger partial charge on any atom is -0.493 e. The topological polar surface area (TPSA) is 95.2 Å². The molecule has 0 bridgehead atoms. The van der Waals surface area contributed by atoms with Gasteiger partial charge in [-0.15, -0.1) is 0 Å². The van der Waals surface area contributed by atoms with Gasteiger partial charge in [0.25, 0.3) is 0 Å². The molecule has 0 spiro atoms. The molecule has 2 aromatic carbocycles. The average Bonchev–Trinajstić information content (AvgIpc) is 2.72. The van der Waals surface area contributed by atoms with Crippen LogP contribution in [0.2, 0.25) is 0 Å². The maximum atomic E-state index is 14.2. The molecule has 6 nitrogen and oxygen atoms in total. The molecule has 0 radical (unpaired) electrons. The third kappa shape index (κ3) is 8.71. The maximum absolute atomic E-state index is 14.2. The first-order valence-corrected chi connectivity index (χ1v) is 11.2. The number of halogens is 2. The van der Waals surface area contributed by atoms with Crippen LogP contribution in [0.25, 0.3) is 0 Å². The van der Waals surface area contributed by atoms with Crippen molar-refractivity contribution in [2.75, 3.05) is 13.2 Å². The van der Waals surface area contributed by atoms with Gasteiger partial charge in [-0.25, -0.2) is 8.78 Å². The summed E-state index contributed by atoms with van der Waals surface area (Å²) in [5, 5.41) is 0. The summed E-state index contributed by atoms with van der Waals surface area (Å²) in [7, 11) is 0. The zero-order chi connectivity index (χ0) is 24.4. The minimum atomic E-state index is -0.460. The number of hydrogen-bond donors (Lipinski definition) is 2. The number of amidine groups is 2. The van der Waals surface area contributed by atoms with Crippen LogP contribution in [0.1, 0.15) is 58.1 Å². The third-order valence-corrected chi connectivity index (χ3v) is 4.55. The van der Waals surface area contributed by atoms with Gasteiger partial charge >= 0.3 is 0 Å². The van der Waals surface area contributed by atoms with Crippen LogP contribution in [0.4, 0.5) is 8.78 Å². The van der Waals surface area contributed by atoms with E-state index in [2.05, 4.69) is 9.98 Å². The zero-order valence-electron chi connectivity index (χ0n) is 19.8. The Labute approximate surface area is 194 Å². The SMILES string of the molecule is CC(C)N=C(N)c1ccc(OCCCCCOc2ccc(C(N)=NC(C)C)c(F)c2)cc1F. The number of nitrogens with two attached hydrogens (primary N) is 2. The predicted molar refractivity (Wildman–Crippen MR) is 129 cm³/mol. The van der Waals surface area contributed by atoms with Gasteiger partial charge in [0.1, 0.15) is 34.8 Å². The van der Waals surface area contributed by atoms with Gasteiger partial charge in [-0.05, 0) is 71.2 Å². The molecule has 4 N–H and O–H groups in total. The molecule has 0 aromatic heterocycles.